The van der Waals surface area contributed by atoms with Gasteiger partial charge in [-0.1, -0.05) is 0 Å². The van der Waals surface area contributed by atoms with Crippen molar-refractivity contribution in [1.29, 1.82) is 0 Å². The number of aromatic nitrogens is 4. The molecule has 1 aliphatic carbocycles. The maximum Gasteiger partial charge on any atom is 0.276 e. The Kier molecular flexibility index (Phi) is 3.90. The Morgan fingerprint density at radius 3 is 2.65 bits per heavy atom. The van der Waals surface area contributed by atoms with Crippen LogP contribution in [0.3, 0.4) is 0 Å². The van der Waals surface area contributed by atoms with E-state index in [1.54, 1.807) is 7.05 Å². The molecule has 2 aromatic rings. The third-order valence-electron chi connectivity index (χ3n) is 4.31. The topological polar surface area (TPSA) is 116 Å². The van der Waals surface area contributed by atoms with E-state index >= 15 is 0 Å². The number of aliphatic hydroxyl groups excluding tert-OH is 3. The van der Waals surface area contributed by atoms with Crippen LogP contribution in [-0.4, -0.2) is 66.6 Å². The van der Waals surface area contributed by atoms with Gasteiger partial charge >= 0.3 is 0 Å². The van der Waals surface area contributed by atoms with Crippen molar-refractivity contribution in [3.05, 3.63) is 12.7 Å². The van der Waals surface area contributed by atoms with Crippen LogP contribution in [0.5, 0.6) is 0 Å². The van der Waals surface area contributed by atoms with E-state index in [2.05, 4.69) is 20.3 Å². The summed E-state index contributed by atoms with van der Waals surface area (Å²) in [5.74, 6) is -4.60. The van der Waals surface area contributed by atoms with Crippen LogP contribution in [0.25, 0.3) is 11.2 Å². The summed E-state index contributed by atoms with van der Waals surface area (Å²) >= 11 is 0. The van der Waals surface area contributed by atoms with Gasteiger partial charge in [-0.25, -0.2) is 23.7 Å². The van der Waals surface area contributed by atoms with E-state index in [0.29, 0.717) is 5.82 Å². The molecule has 0 unspecified atom stereocenters. The second kappa shape index (κ2) is 5.62. The minimum atomic E-state index is -3.43. The van der Waals surface area contributed by atoms with Crippen molar-refractivity contribution in [1.82, 2.24) is 19.5 Å². The summed E-state index contributed by atoms with van der Waals surface area (Å²) in [6.45, 7) is -0.506. The Labute approximate surface area is 129 Å². The number of aliphatic hydroxyl groups is 3. The highest BCUT2D eigenvalue weighted by molar-refractivity contribution is 5.82. The zero-order valence-corrected chi connectivity index (χ0v) is 12.3. The van der Waals surface area contributed by atoms with E-state index in [9.17, 15) is 19.0 Å². The molecule has 4 atom stereocenters. The molecule has 0 saturated heterocycles. The van der Waals surface area contributed by atoms with Crippen molar-refractivity contribution in [2.45, 2.75) is 30.6 Å². The molecule has 2 heterocycles. The molecule has 23 heavy (non-hydrogen) atoms. The third kappa shape index (κ3) is 2.25. The number of hydrogen-bond donors (Lipinski definition) is 4. The first-order valence-corrected chi connectivity index (χ1v) is 7.13. The SMILES string of the molecule is CNc1ncnc2c1ncn2[C@H]1[C@H](O)[C@H](O)[C@@H](CCO)C1(F)F. The molecule has 2 aromatic heterocycles. The summed E-state index contributed by atoms with van der Waals surface area (Å²) in [6.07, 6.45) is -1.31. The molecule has 8 nitrogen and oxygen atoms in total. The number of anilines is 1. The first kappa shape index (κ1) is 16.0. The smallest absolute Gasteiger partial charge is 0.276 e. The predicted molar refractivity (Wildman–Crippen MR) is 76.1 cm³/mol. The lowest BCUT2D eigenvalue weighted by Gasteiger charge is -2.25. The Hall–Kier alpha value is -1.91. The number of nitrogens with one attached hydrogen (secondary N) is 1. The summed E-state index contributed by atoms with van der Waals surface area (Å²) in [6, 6.07) is -1.72. The van der Waals surface area contributed by atoms with Gasteiger partial charge in [-0.05, 0) is 6.42 Å². The third-order valence-corrected chi connectivity index (χ3v) is 4.31. The summed E-state index contributed by atoms with van der Waals surface area (Å²) < 4.78 is 30.5. The molecule has 0 amide bonds. The predicted octanol–water partition coefficient (Wildman–Crippen LogP) is -0.222. The highest BCUT2D eigenvalue weighted by Crippen LogP contribution is 2.50. The fourth-order valence-corrected chi connectivity index (χ4v) is 3.19. The highest BCUT2D eigenvalue weighted by Gasteiger charge is 2.62. The van der Waals surface area contributed by atoms with Crippen molar-refractivity contribution in [3.63, 3.8) is 0 Å². The molecule has 3 rings (SSSR count). The summed E-state index contributed by atoms with van der Waals surface area (Å²) in [4.78, 5) is 11.9. The minimum Gasteiger partial charge on any atom is -0.396 e. The second-order valence-electron chi connectivity index (χ2n) is 5.52. The Morgan fingerprint density at radius 2 is 2.00 bits per heavy atom. The zero-order chi connectivity index (χ0) is 16.8. The van der Waals surface area contributed by atoms with Gasteiger partial charge in [0.15, 0.2) is 11.5 Å². The van der Waals surface area contributed by atoms with E-state index in [1.165, 1.54) is 6.33 Å². The molecule has 1 saturated carbocycles. The maximum atomic E-state index is 14.7. The van der Waals surface area contributed by atoms with Crippen molar-refractivity contribution < 1.29 is 24.1 Å². The van der Waals surface area contributed by atoms with Gasteiger partial charge in [-0.3, -0.25) is 0 Å². The zero-order valence-electron chi connectivity index (χ0n) is 12.3. The summed E-state index contributed by atoms with van der Waals surface area (Å²) in [5, 5.41) is 31.8. The monoisotopic (exact) mass is 329 g/mol. The van der Waals surface area contributed by atoms with E-state index in [0.717, 1.165) is 10.9 Å². The van der Waals surface area contributed by atoms with Crippen LogP contribution in [0, 0.1) is 5.92 Å². The molecule has 4 N–H and O–H groups in total. The molecule has 0 spiro atoms. The lowest BCUT2D eigenvalue weighted by atomic mass is 9.98. The van der Waals surface area contributed by atoms with Crippen molar-refractivity contribution >= 4 is 17.0 Å². The van der Waals surface area contributed by atoms with Gasteiger partial charge in [0.2, 0.25) is 0 Å². The molecule has 1 fully saturated rings. The van der Waals surface area contributed by atoms with Crippen LogP contribution in [0.2, 0.25) is 0 Å². The van der Waals surface area contributed by atoms with Crippen molar-refractivity contribution in [2.24, 2.45) is 5.92 Å². The van der Waals surface area contributed by atoms with Crippen LogP contribution in [0.1, 0.15) is 12.5 Å². The number of hydrogen-bond acceptors (Lipinski definition) is 7. The van der Waals surface area contributed by atoms with E-state index < -0.39 is 36.7 Å². The molecule has 10 heteroatoms. The maximum absolute atomic E-state index is 14.7. The van der Waals surface area contributed by atoms with Gasteiger partial charge in [0.25, 0.3) is 5.92 Å². The number of rotatable bonds is 4. The Balaban J connectivity index is 2.11. The van der Waals surface area contributed by atoms with Crippen molar-refractivity contribution in [3.8, 4) is 0 Å². The van der Waals surface area contributed by atoms with Crippen LogP contribution in [0.4, 0.5) is 14.6 Å². The normalized spacial score (nSPS) is 30.0. The van der Waals surface area contributed by atoms with E-state index in [4.69, 9.17) is 5.11 Å². The lowest BCUT2D eigenvalue weighted by molar-refractivity contribution is -0.0922. The van der Waals surface area contributed by atoms with Gasteiger partial charge in [0.1, 0.15) is 24.0 Å². The molecule has 0 aromatic carbocycles. The first-order valence-electron chi connectivity index (χ1n) is 7.13. The Bertz CT molecular complexity index is 710. The van der Waals surface area contributed by atoms with E-state index in [-0.39, 0.29) is 17.6 Å². The van der Waals surface area contributed by atoms with Gasteiger partial charge < -0.3 is 25.2 Å². The van der Waals surface area contributed by atoms with Gasteiger partial charge in [0, 0.05) is 13.7 Å². The van der Waals surface area contributed by atoms with Crippen LogP contribution in [-0.2, 0) is 0 Å². The highest BCUT2D eigenvalue weighted by atomic mass is 19.3. The largest absolute Gasteiger partial charge is 0.396 e. The number of nitrogens with zero attached hydrogens (tertiary/aromatic N) is 4. The van der Waals surface area contributed by atoms with Crippen LogP contribution < -0.4 is 5.32 Å². The Morgan fingerprint density at radius 1 is 1.26 bits per heavy atom. The molecule has 0 bridgehead atoms. The molecule has 126 valence electrons. The summed E-state index contributed by atoms with van der Waals surface area (Å²) in [7, 11) is 1.61. The number of alkyl halides is 2. The first-order chi connectivity index (χ1) is 10.9. The molecule has 0 aliphatic heterocycles. The number of halogens is 2. The fraction of sp³-hybridized carbons (Fsp3) is 0.615. The second-order valence-corrected chi connectivity index (χ2v) is 5.52. The summed E-state index contributed by atoms with van der Waals surface area (Å²) in [5.41, 5.74) is 0.419. The average molecular weight is 329 g/mol. The minimum absolute atomic E-state index is 0.130. The van der Waals surface area contributed by atoms with Gasteiger partial charge in [-0.2, -0.15) is 0 Å². The number of imidazole rings is 1. The fourth-order valence-electron chi connectivity index (χ4n) is 3.19. The van der Waals surface area contributed by atoms with Crippen LogP contribution in [0.15, 0.2) is 12.7 Å². The van der Waals surface area contributed by atoms with Gasteiger partial charge in [-0.15, -0.1) is 0 Å². The molecular weight excluding hydrogens is 312 g/mol. The number of fused-ring (bicyclic) bond motifs is 1. The molecule has 0 radical (unpaired) electrons. The quantitative estimate of drug-likeness (QED) is 0.613. The van der Waals surface area contributed by atoms with E-state index in [1.807, 2.05) is 0 Å². The molecular formula is C13H17F2N5O3. The standard InChI is InChI=1S/C13H17F2N5O3/c1-16-11-7-12(18-4-17-11)20(5-19-7)10-9(23)8(22)6(2-3-21)13(10,14)15/h4-6,8-10,21-23H,2-3H2,1H3,(H,16,17,18)/t6-,8-,9-,10+/m1/s1. The van der Waals surface area contributed by atoms with Crippen molar-refractivity contribution in [2.75, 3.05) is 19.0 Å². The van der Waals surface area contributed by atoms with Crippen LogP contribution >= 0.6 is 0 Å². The molecule has 1 aliphatic rings. The average Bonchev–Trinajstić information content (AvgIpc) is 3.01. The lowest BCUT2D eigenvalue weighted by Crippen LogP contribution is -2.35. The van der Waals surface area contributed by atoms with Gasteiger partial charge in [0.05, 0.1) is 18.3 Å².